The number of aromatic nitrogens is 4. The first-order valence-corrected chi connectivity index (χ1v) is 7.87. The Labute approximate surface area is 144 Å². The van der Waals surface area contributed by atoms with Gasteiger partial charge in [0.25, 0.3) is 5.78 Å². The summed E-state index contributed by atoms with van der Waals surface area (Å²) in [6.45, 7) is 0.526. The molecular weight excluding hydrogens is 387 g/mol. The SMILES string of the molecule is CN(CCc1ccc(Br)cc1)c1cc(C(F)(F)F)nc2ncnn12. The molecule has 126 valence electrons. The number of benzene rings is 1. The molecule has 5 nitrogen and oxygen atoms in total. The lowest BCUT2D eigenvalue weighted by atomic mass is 10.1. The number of hydrogen-bond acceptors (Lipinski definition) is 4. The summed E-state index contributed by atoms with van der Waals surface area (Å²) in [5.41, 5.74) is 0.110. The monoisotopic (exact) mass is 399 g/mol. The highest BCUT2D eigenvalue weighted by Crippen LogP contribution is 2.30. The topological polar surface area (TPSA) is 46.3 Å². The second kappa shape index (κ2) is 6.39. The Morgan fingerprint density at radius 2 is 1.92 bits per heavy atom. The number of hydrogen-bond donors (Lipinski definition) is 0. The maximum absolute atomic E-state index is 13.0. The van der Waals surface area contributed by atoms with Gasteiger partial charge >= 0.3 is 6.18 Å². The molecule has 0 atom stereocenters. The molecule has 0 fully saturated rings. The Kier molecular flexibility index (Phi) is 4.44. The molecule has 0 N–H and O–H groups in total. The summed E-state index contributed by atoms with van der Waals surface area (Å²) in [5.74, 6) is 0.220. The fourth-order valence-corrected chi connectivity index (χ4v) is 2.54. The number of nitrogens with zero attached hydrogens (tertiary/aromatic N) is 5. The molecule has 1 aromatic carbocycles. The first-order valence-electron chi connectivity index (χ1n) is 7.08. The number of halogens is 4. The molecule has 0 aliphatic carbocycles. The molecule has 0 radical (unpaired) electrons. The number of rotatable bonds is 4. The summed E-state index contributed by atoms with van der Waals surface area (Å²) in [6.07, 6.45) is -2.66. The zero-order chi connectivity index (χ0) is 17.3. The molecule has 0 saturated heterocycles. The predicted octanol–water partition coefficient (Wildman–Crippen LogP) is 3.58. The molecule has 2 aromatic heterocycles. The van der Waals surface area contributed by atoms with Gasteiger partial charge in [-0.05, 0) is 24.1 Å². The largest absolute Gasteiger partial charge is 0.433 e. The van der Waals surface area contributed by atoms with Crippen LogP contribution in [0.5, 0.6) is 0 Å². The van der Waals surface area contributed by atoms with Crippen LogP contribution in [0.15, 0.2) is 41.1 Å². The van der Waals surface area contributed by atoms with Crippen molar-refractivity contribution in [2.24, 2.45) is 0 Å². The molecule has 2 heterocycles. The van der Waals surface area contributed by atoms with Crippen molar-refractivity contribution in [1.29, 1.82) is 0 Å². The van der Waals surface area contributed by atoms with Crippen LogP contribution in [0.3, 0.4) is 0 Å². The van der Waals surface area contributed by atoms with Gasteiger partial charge in [0.1, 0.15) is 12.1 Å². The van der Waals surface area contributed by atoms with Gasteiger partial charge in [-0.1, -0.05) is 28.1 Å². The maximum Gasteiger partial charge on any atom is 0.433 e. The number of fused-ring (bicyclic) bond motifs is 1. The Bertz CT molecular complexity index is 844. The fourth-order valence-electron chi connectivity index (χ4n) is 2.28. The van der Waals surface area contributed by atoms with Gasteiger partial charge in [0.2, 0.25) is 0 Å². The summed E-state index contributed by atoms with van der Waals surface area (Å²) in [5, 5.41) is 3.96. The van der Waals surface area contributed by atoms with Crippen molar-refractivity contribution < 1.29 is 13.2 Å². The fraction of sp³-hybridized carbons (Fsp3) is 0.267. The third-order valence-electron chi connectivity index (χ3n) is 3.56. The van der Waals surface area contributed by atoms with E-state index in [1.165, 1.54) is 10.8 Å². The molecular formula is C15H13BrF3N5. The van der Waals surface area contributed by atoms with E-state index >= 15 is 0 Å². The van der Waals surface area contributed by atoms with Crippen molar-refractivity contribution in [2.75, 3.05) is 18.5 Å². The van der Waals surface area contributed by atoms with Gasteiger partial charge < -0.3 is 4.90 Å². The van der Waals surface area contributed by atoms with Crippen LogP contribution in [-0.2, 0) is 12.6 Å². The molecule has 0 unspecified atom stereocenters. The Morgan fingerprint density at radius 1 is 1.21 bits per heavy atom. The van der Waals surface area contributed by atoms with E-state index in [0.717, 1.165) is 16.1 Å². The molecule has 3 rings (SSSR count). The number of anilines is 1. The zero-order valence-corrected chi connectivity index (χ0v) is 14.2. The zero-order valence-electron chi connectivity index (χ0n) is 12.6. The van der Waals surface area contributed by atoms with Crippen LogP contribution in [0.2, 0.25) is 0 Å². The highest BCUT2D eigenvalue weighted by atomic mass is 79.9. The quantitative estimate of drug-likeness (QED) is 0.672. The highest BCUT2D eigenvalue weighted by molar-refractivity contribution is 9.10. The molecule has 0 aliphatic rings. The minimum Gasteiger partial charge on any atom is -0.359 e. The lowest BCUT2D eigenvalue weighted by Crippen LogP contribution is -2.24. The van der Waals surface area contributed by atoms with Gasteiger partial charge in [0, 0.05) is 24.1 Å². The van der Waals surface area contributed by atoms with E-state index in [0.29, 0.717) is 18.8 Å². The third kappa shape index (κ3) is 3.50. The normalized spacial score (nSPS) is 11.9. The number of likely N-dealkylation sites (N-methyl/N-ethyl adjacent to an activating group) is 1. The van der Waals surface area contributed by atoms with Crippen LogP contribution < -0.4 is 4.90 Å². The van der Waals surface area contributed by atoms with Crippen molar-refractivity contribution in [2.45, 2.75) is 12.6 Å². The van der Waals surface area contributed by atoms with Crippen LogP contribution in [0.4, 0.5) is 19.0 Å². The molecule has 0 amide bonds. The van der Waals surface area contributed by atoms with Gasteiger partial charge in [0.15, 0.2) is 5.69 Å². The molecule has 0 saturated carbocycles. The van der Waals surface area contributed by atoms with Crippen LogP contribution in [-0.4, -0.2) is 33.2 Å². The van der Waals surface area contributed by atoms with Gasteiger partial charge in [-0.2, -0.15) is 27.8 Å². The molecule has 0 bridgehead atoms. The van der Waals surface area contributed by atoms with E-state index < -0.39 is 11.9 Å². The van der Waals surface area contributed by atoms with Gasteiger partial charge in [-0.15, -0.1) is 0 Å². The van der Waals surface area contributed by atoms with E-state index in [4.69, 9.17) is 0 Å². The smallest absolute Gasteiger partial charge is 0.359 e. The van der Waals surface area contributed by atoms with Crippen LogP contribution >= 0.6 is 15.9 Å². The maximum atomic E-state index is 13.0. The molecule has 9 heteroatoms. The van der Waals surface area contributed by atoms with E-state index in [2.05, 4.69) is 31.0 Å². The molecule has 0 spiro atoms. The van der Waals surface area contributed by atoms with E-state index in [1.54, 1.807) is 11.9 Å². The van der Waals surface area contributed by atoms with Gasteiger partial charge in [-0.3, -0.25) is 0 Å². The Balaban J connectivity index is 1.87. The highest BCUT2D eigenvalue weighted by Gasteiger charge is 2.34. The Hall–Kier alpha value is -2.16. The lowest BCUT2D eigenvalue weighted by Gasteiger charge is -2.20. The van der Waals surface area contributed by atoms with Crippen molar-refractivity contribution in [1.82, 2.24) is 19.6 Å². The summed E-state index contributed by atoms with van der Waals surface area (Å²) in [6, 6.07) is 8.79. The van der Waals surface area contributed by atoms with Crippen LogP contribution in [0, 0.1) is 0 Å². The third-order valence-corrected chi connectivity index (χ3v) is 4.09. The summed E-state index contributed by atoms with van der Waals surface area (Å²) >= 11 is 3.37. The second-order valence-corrected chi connectivity index (χ2v) is 6.18. The van der Waals surface area contributed by atoms with Crippen molar-refractivity contribution >= 4 is 27.5 Å². The summed E-state index contributed by atoms with van der Waals surface area (Å²) < 4.78 is 41.3. The van der Waals surface area contributed by atoms with Crippen molar-refractivity contribution in [3.63, 3.8) is 0 Å². The second-order valence-electron chi connectivity index (χ2n) is 5.27. The molecule has 24 heavy (non-hydrogen) atoms. The summed E-state index contributed by atoms with van der Waals surface area (Å²) in [4.78, 5) is 8.99. The average molecular weight is 400 g/mol. The van der Waals surface area contributed by atoms with Crippen LogP contribution in [0.25, 0.3) is 5.78 Å². The van der Waals surface area contributed by atoms with E-state index in [1.807, 2.05) is 24.3 Å². The van der Waals surface area contributed by atoms with E-state index in [9.17, 15) is 13.2 Å². The number of alkyl halides is 3. The van der Waals surface area contributed by atoms with Gasteiger partial charge in [-0.25, -0.2) is 4.98 Å². The lowest BCUT2D eigenvalue weighted by molar-refractivity contribution is -0.141. The van der Waals surface area contributed by atoms with Crippen LogP contribution in [0.1, 0.15) is 11.3 Å². The molecule has 0 aliphatic heterocycles. The molecule has 3 aromatic rings. The van der Waals surface area contributed by atoms with E-state index in [-0.39, 0.29) is 5.78 Å². The first-order chi connectivity index (χ1) is 11.3. The van der Waals surface area contributed by atoms with Crippen molar-refractivity contribution in [3.05, 3.63) is 52.4 Å². The average Bonchev–Trinajstić information content (AvgIpc) is 3.00. The first kappa shape index (κ1) is 16.7. The summed E-state index contributed by atoms with van der Waals surface area (Å²) in [7, 11) is 1.72. The minimum absolute atomic E-state index is 0.0738. The standard InChI is InChI=1S/C15H13BrF3N5/c1-23(7-6-10-2-4-11(16)5-3-10)13-8-12(15(17,18)19)22-14-20-9-21-24(13)14/h2-5,8-9H,6-7H2,1H3. The van der Waals surface area contributed by atoms with Crippen molar-refractivity contribution in [3.8, 4) is 0 Å². The minimum atomic E-state index is -4.53. The Morgan fingerprint density at radius 3 is 2.58 bits per heavy atom. The predicted molar refractivity (Wildman–Crippen MR) is 86.9 cm³/mol. The van der Waals surface area contributed by atoms with Gasteiger partial charge in [0.05, 0.1) is 0 Å².